The Morgan fingerprint density at radius 3 is 2.05 bits per heavy atom. The van der Waals surface area contributed by atoms with E-state index in [0.717, 1.165) is 32.2 Å². The van der Waals surface area contributed by atoms with Crippen LogP contribution in [0.25, 0.3) is 0 Å². The van der Waals surface area contributed by atoms with Gasteiger partial charge in [0.05, 0.1) is 6.54 Å². The first kappa shape index (κ1) is 17.8. The van der Waals surface area contributed by atoms with Gasteiger partial charge in [-0.1, -0.05) is 19.8 Å². The average molecular weight is 294 g/mol. The molecular formula is C15H29F3N2. The molecule has 1 saturated carbocycles. The van der Waals surface area contributed by atoms with Crippen LogP contribution in [0.1, 0.15) is 53.4 Å². The lowest BCUT2D eigenvalue weighted by Crippen LogP contribution is -2.49. The van der Waals surface area contributed by atoms with Crippen molar-refractivity contribution in [2.24, 2.45) is 5.41 Å². The smallest absolute Gasteiger partial charge is 0.311 e. The second-order valence-corrected chi connectivity index (χ2v) is 7.23. The summed E-state index contributed by atoms with van der Waals surface area (Å²) in [6, 6.07) is 0. The van der Waals surface area contributed by atoms with Gasteiger partial charge >= 0.3 is 6.18 Å². The Labute approximate surface area is 121 Å². The summed E-state index contributed by atoms with van der Waals surface area (Å²) in [6.45, 7) is 9.13. The van der Waals surface area contributed by atoms with Gasteiger partial charge in [0.1, 0.15) is 0 Å². The van der Waals surface area contributed by atoms with Crippen LogP contribution >= 0.6 is 0 Å². The fourth-order valence-electron chi connectivity index (χ4n) is 2.98. The van der Waals surface area contributed by atoms with E-state index in [1.165, 1.54) is 0 Å². The normalized spacial score (nSPS) is 19.8. The number of nitrogens with one attached hydrogen (secondary N) is 1. The van der Waals surface area contributed by atoms with E-state index in [4.69, 9.17) is 0 Å². The molecule has 0 amide bonds. The molecule has 120 valence electrons. The molecule has 0 aromatic carbocycles. The maximum absolute atomic E-state index is 12.6. The fraction of sp³-hybridized carbons (Fsp3) is 1.00. The first-order valence-corrected chi connectivity index (χ1v) is 7.59. The molecule has 0 heterocycles. The topological polar surface area (TPSA) is 15.3 Å². The third kappa shape index (κ3) is 6.44. The predicted molar refractivity (Wildman–Crippen MR) is 76.8 cm³/mol. The molecule has 1 aliphatic carbocycles. The fourth-order valence-corrected chi connectivity index (χ4v) is 2.98. The highest BCUT2D eigenvalue weighted by Crippen LogP contribution is 2.39. The van der Waals surface area contributed by atoms with Crippen LogP contribution in [-0.4, -0.2) is 42.8 Å². The van der Waals surface area contributed by atoms with Gasteiger partial charge in [0, 0.05) is 18.6 Å². The Balaban J connectivity index is 2.65. The standard InChI is InChI=1S/C15H29F3N2/c1-5-20(12-15(16,17)18)11-14(8-6-7-9-14)10-19-13(2,3)4/h19H,5-12H2,1-4H3. The van der Waals surface area contributed by atoms with Gasteiger partial charge in [0.15, 0.2) is 0 Å². The molecule has 0 unspecified atom stereocenters. The lowest BCUT2D eigenvalue weighted by molar-refractivity contribution is -0.148. The average Bonchev–Trinajstić information content (AvgIpc) is 2.72. The van der Waals surface area contributed by atoms with Gasteiger partial charge in [0.2, 0.25) is 0 Å². The van der Waals surface area contributed by atoms with Crippen molar-refractivity contribution in [1.82, 2.24) is 10.2 Å². The molecule has 0 aromatic rings. The summed E-state index contributed by atoms with van der Waals surface area (Å²) in [5, 5.41) is 3.49. The molecular weight excluding hydrogens is 265 g/mol. The molecule has 1 fully saturated rings. The molecule has 1 rings (SSSR count). The second-order valence-electron chi connectivity index (χ2n) is 7.23. The third-order valence-corrected chi connectivity index (χ3v) is 4.07. The predicted octanol–water partition coefficient (Wildman–Crippen LogP) is 3.82. The number of hydrogen-bond acceptors (Lipinski definition) is 2. The minimum absolute atomic E-state index is 0.00847. The Kier molecular flexibility index (Phi) is 5.90. The highest BCUT2D eigenvalue weighted by atomic mass is 19.4. The molecule has 20 heavy (non-hydrogen) atoms. The molecule has 0 radical (unpaired) electrons. The van der Waals surface area contributed by atoms with Gasteiger partial charge < -0.3 is 5.32 Å². The van der Waals surface area contributed by atoms with Gasteiger partial charge in [-0.05, 0) is 45.6 Å². The van der Waals surface area contributed by atoms with E-state index in [1.54, 1.807) is 4.90 Å². The van der Waals surface area contributed by atoms with E-state index >= 15 is 0 Å². The quantitative estimate of drug-likeness (QED) is 0.801. The highest BCUT2D eigenvalue weighted by Gasteiger charge is 2.38. The summed E-state index contributed by atoms with van der Waals surface area (Å²) in [7, 11) is 0. The van der Waals surface area contributed by atoms with Gasteiger partial charge in [-0.25, -0.2) is 0 Å². The zero-order chi connectivity index (χ0) is 15.4. The van der Waals surface area contributed by atoms with Crippen LogP contribution in [0.5, 0.6) is 0 Å². The van der Waals surface area contributed by atoms with Gasteiger partial charge in [-0.3, -0.25) is 4.90 Å². The largest absolute Gasteiger partial charge is 0.401 e. The molecule has 2 nitrogen and oxygen atoms in total. The van der Waals surface area contributed by atoms with Crippen LogP contribution in [0.2, 0.25) is 0 Å². The maximum atomic E-state index is 12.6. The van der Waals surface area contributed by atoms with Crippen molar-refractivity contribution in [2.75, 3.05) is 26.2 Å². The number of hydrogen-bond donors (Lipinski definition) is 1. The van der Waals surface area contributed by atoms with Gasteiger partial charge in [-0.15, -0.1) is 0 Å². The van der Waals surface area contributed by atoms with E-state index in [9.17, 15) is 13.2 Å². The van der Waals surface area contributed by atoms with Crippen molar-refractivity contribution in [1.29, 1.82) is 0 Å². The summed E-state index contributed by atoms with van der Waals surface area (Å²) < 4.78 is 37.8. The van der Waals surface area contributed by atoms with Crippen molar-refractivity contribution in [2.45, 2.75) is 65.1 Å². The number of alkyl halides is 3. The van der Waals surface area contributed by atoms with E-state index in [1.807, 2.05) is 6.92 Å². The SMILES string of the molecule is CCN(CC(F)(F)F)CC1(CNC(C)(C)C)CCCC1. The van der Waals surface area contributed by atoms with Crippen molar-refractivity contribution < 1.29 is 13.2 Å². The number of halogens is 3. The molecule has 0 saturated heterocycles. The first-order chi connectivity index (χ1) is 9.05. The Bertz CT molecular complexity index is 288. The lowest BCUT2D eigenvalue weighted by Gasteiger charge is -2.37. The summed E-state index contributed by atoms with van der Waals surface area (Å²) in [5.74, 6) is 0. The van der Waals surface area contributed by atoms with E-state index in [0.29, 0.717) is 13.1 Å². The molecule has 1 N–H and O–H groups in total. The van der Waals surface area contributed by atoms with Crippen molar-refractivity contribution in [3.8, 4) is 0 Å². The molecule has 0 aromatic heterocycles. The van der Waals surface area contributed by atoms with Crippen molar-refractivity contribution in [3.05, 3.63) is 0 Å². The Morgan fingerprint density at radius 1 is 1.10 bits per heavy atom. The monoisotopic (exact) mass is 294 g/mol. The number of rotatable bonds is 6. The Hall–Kier alpha value is -0.290. The van der Waals surface area contributed by atoms with Crippen LogP contribution < -0.4 is 5.32 Å². The minimum Gasteiger partial charge on any atom is -0.311 e. The molecule has 5 heteroatoms. The van der Waals surface area contributed by atoms with Crippen molar-refractivity contribution >= 4 is 0 Å². The van der Waals surface area contributed by atoms with Crippen LogP contribution in [0.15, 0.2) is 0 Å². The zero-order valence-corrected chi connectivity index (χ0v) is 13.2. The summed E-state index contributed by atoms with van der Waals surface area (Å²) in [5.41, 5.74) is 0.0190. The summed E-state index contributed by atoms with van der Waals surface area (Å²) in [6.07, 6.45) is 0.229. The zero-order valence-electron chi connectivity index (χ0n) is 13.2. The lowest BCUT2D eigenvalue weighted by atomic mass is 9.84. The highest BCUT2D eigenvalue weighted by molar-refractivity contribution is 4.91. The summed E-state index contributed by atoms with van der Waals surface area (Å²) in [4.78, 5) is 1.55. The maximum Gasteiger partial charge on any atom is 0.401 e. The molecule has 1 aliphatic rings. The minimum atomic E-state index is -4.10. The van der Waals surface area contributed by atoms with E-state index in [-0.39, 0.29) is 11.0 Å². The van der Waals surface area contributed by atoms with Crippen molar-refractivity contribution in [3.63, 3.8) is 0 Å². The van der Waals surface area contributed by atoms with E-state index in [2.05, 4.69) is 26.1 Å². The van der Waals surface area contributed by atoms with E-state index < -0.39 is 12.7 Å². The molecule has 0 atom stereocenters. The van der Waals surface area contributed by atoms with Crippen LogP contribution in [0.3, 0.4) is 0 Å². The Morgan fingerprint density at radius 2 is 1.65 bits per heavy atom. The van der Waals surface area contributed by atoms with Crippen LogP contribution in [0, 0.1) is 5.41 Å². The molecule has 0 spiro atoms. The van der Waals surface area contributed by atoms with Crippen LogP contribution in [-0.2, 0) is 0 Å². The third-order valence-electron chi connectivity index (χ3n) is 4.07. The molecule has 0 bridgehead atoms. The van der Waals surface area contributed by atoms with Crippen LogP contribution in [0.4, 0.5) is 13.2 Å². The second kappa shape index (κ2) is 6.65. The number of nitrogens with zero attached hydrogens (tertiary/aromatic N) is 1. The summed E-state index contributed by atoms with van der Waals surface area (Å²) >= 11 is 0. The molecule has 0 aliphatic heterocycles. The van der Waals surface area contributed by atoms with Gasteiger partial charge in [-0.2, -0.15) is 13.2 Å². The first-order valence-electron chi connectivity index (χ1n) is 7.59. The van der Waals surface area contributed by atoms with Gasteiger partial charge in [0.25, 0.3) is 0 Å².